The molecule has 0 saturated carbocycles. The maximum absolute atomic E-state index is 13.5. The van der Waals surface area contributed by atoms with E-state index in [-0.39, 0.29) is 22.7 Å². The lowest BCUT2D eigenvalue weighted by atomic mass is 9.82. The summed E-state index contributed by atoms with van der Waals surface area (Å²) in [5.74, 6) is -0.763. The number of carbonyl (C=O) groups excluding carboxylic acids is 2. The lowest BCUT2D eigenvalue weighted by Crippen LogP contribution is -2.33. The first kappa shape index (κ1) is 21.0. The quantitative estimate of drug-likeness (QED) is 0.568. The fourth-order valence-corrected chi connectivity index (χ4v) is 4.09. The zero-order valence-electron chi connectivity index (χ0n) is 17.4. The number of aromatic amines is 2. The summed E-state index contributed by atoms with van der Waals surface area (Å²) in [4.78, 5) is 56.4. The Kier molecular flexibility index (Phi) is 6.30. The van der Waals surface area contributed by atoms with E-state index in [2.05, 4.69) is 23.8 Å². The first-order valence-electron chi connectivity index (χ1n) is 10.5. The molecule has 2 N–H and O–H groups in total. The molecular weight excluding hydrogens is 368 g/mol. The zero-order valence-corrected chi connectivity index (χ0v) is 17.4. The van der Waals surface area contributed by atoms with Gasteiger partial charge in [-0.15, -0.1) is 0 Å². The summed E-state index contributed by atoms with van der Waals surface area (Å²) in [6.45, 7) is 5.87. The second-order valence-electron chi connectivity index (χ2n) is 7.79. The molecule has 29 heavy (non-hydrogen) atoms. The highest BCUT2D eigenvalue weighted by Gasteiger charge is 2.36. The van der Waals surface area contributed by atoms with Crippen molar-refractivity contribution >= 4 is 11.6 Å². The summed E-state index contributed by atoms with van der Waals surface area (Å²) < 4.78 is 0. The Balaban J connectivity index is 2.19. The van der Waals surface area contributed by atoms with Crippen molar-refractivity contribution in [1.29, 1.82) is 0 Å². The molecule has 0 aliphatic heterocycles. The Morgan fingerprint density at radius 2 is 1.38 bits per heavy atom. The number of hydrogen-bond acceptors (Lipinski definition) is 4. The van der Waals surface area contributed by atoms with Crippen LogP contribution in [-0.4, -0.2) is 21.5 Å². The molecule has 6 heteroatoms. The molecule has 0 radical (unpaired) electrons. The lowest BCUT2D eigenvalue weighted by molar-refractivity contribution is 0.0969. The van der Waals surface area contributed by atoms with Gasteiger partial charge in [-0.2, -0.15) is 0 Å². The number of H-pyrrole nitrogens is 2. The molecule has 2 aromatic rings. The van der Waals surface area contributed by atoms with Gasteiger partial charge in [-0.1, -0.05) is 39.5 Å². The van der Waals surface area contributed by atoms with Gasteiger partial charge in [0.05, 0.1) is 11.1 Å². The molecule has 0 bridgehead atoms. The number of unbranched alkanes of at least 4 members (excludes halogenated alkanes) is 4. The van der Waals surface area contributed by atoms with E-state index in [4.69, 9.17) is 0 Å². The molecule has 3 rings (SSSR count). The van der Waals surface area contributed by atoms with Crippen molar-refractivity contribution in [2.45, 2.75) is 72.1 Å². The molecule has 0 atom stereocenters. The number of nitrogens with one attached hydrogen (secondary N) is 2. The van der Waals surface area contributed by atoms with E-state index in [9.17, 15) is 19.2 Å². The van der Waals surface area contributed by atoms with Gasteiger partial charge < -0.3 is 9.97 Å². The second-order valence-corrected chi connectivity index (χ2v) is 7.79. The summed E-state index contributed by atoms with van der Waals surface area (Å²) in [5, 5.41) is 0. The van der Waals surface area contributed by atoms with Crippen LogP contribution in [0.1, 0.15) is 101 Å². The lowest BCUT2D eigenvalue weighted by Gasteiger charge is -2.22. The van der Waals surface area contributed by atoms with Crippen LogP contribution in [0.5, 0.6) is 0 Å². The molecule has 0 amide bonds. The molecule has 0 aromatic carbocycles. The van der Waals surface area contributed by atoms with Gasteiger partial charge in [0.1, 0.15) is 11.4 Å². The molecule has 0 saturated heterocycles. The van der Waals surface area contributed by atoms with Crippen LogP contribution >= 0.6 is 0 Å². The summed E-state index contributed by atoms with van der Waals surface area (Å²) in [5.41, 5.74) is 1.60. The Bertz CT molecular complexity index is 1080. The van der Waals surface area contributed by atoms with Crippen molar-refractivity contribution in [3.8, 4) is 0 Å². The molecule has 1 aliphatic carbocycles. The summed E-state index contributed by atoms with van der Waals surface area (Å²) in [6, 6.07) is 1.43. The van der Waals surface area contributed by atoms with Gasteiger partial charge in [0.15, 0.2) is 5.78 Å². The van der Waals surface area contributed by atoms with Crippen molar-refractivity contribution in [3.63, 3.8) is 0 Å². The van der Waals surface area contributed by atoms with Crippen molar-refractivity contribution < 1.29 is 9.59 Å². The van der Waals surface area contributed by atoms with Gasteiger partial charge in [-0.05, 0) is 43.7 Å². The van der Waals surface area contributed by atoms with E-state index < -0.39 is 11.3 Å². The minimum Gasteiger partial charge on any atom is -0.318 e. The highest BCUT2D eigenvalue weighted by molar-refractivity contribution is 6.28. The number of fused-ring (bicyclic) bond motifs is 2. The van der Waals surface area contributed by atoms with Crippen LogP contribution in [0.3, 0.4) is 0 Å². The molecule has 2 heterocycles. The monoisotopic (exact) mass is 396 g/mol. The normalized spacial score (nSPS) is 12.8. The molecule has 1 aliphatic rings. The van der Waals surface area contributed by atoms with Gasteiger partial charge in [0, 0.05) is 11.6 Å². The van der Waals surface area contributed by atoms with Crippen LogP contribution in [0, 0.1) is 6.92 Å². The van der Waals surface area contributed by atoms with Crippen LogP contribution in [-0.2, 0) is 12.8 Å². The second kappa shape index (κ2) is 8.72. The van der Waals surface area contributed by atoms with Gasteiger partial charge >= 0.3 is 0 Å². The highest BCUT2D eigenvalue weighted by Crippen LogP contribution is 2.30. The van der Waals surface area contributed by atoms with Gasteiger partial charge in [0.2, 0.25) is 11.3 Å². The van der Waals surface area contributed by atoms with Gasteiger partial charge in [0.25, 0.3) is 5.56 Å². The number of rotatable bonds is 8. The van der Waals surface area contributed by atoms with E-state index in [1.807, 2.05) is 0 Å². The van der Waals surface area contributed by atoms with Crippen molar-refractivity contribution in [2.24, 2.45) is 0 Å². The van der Waals surface area contributed by atoms with Crippen molar-refractivity contribution in [3.05, 3.63) is 66.0 Å². The largest absolute Gasteiger partial charge is 0.318 e. The van der Waals surface area contributed by atoms with E-state index in [1.54, 1.807) is 6.92 Å². The first-order chi connectivity index (χ1) is 13.9. The number of hydrogen-bond donors (Lipinski definition) is 2. The predicted octanol–water partition coefficient (Wildman–Crippen LogP) is 3.61. The number of aryl methyl sites for hydroxylation is 1. The highest BCUT2D eigenvalue weighted by atomic mass is 16.2. The minimum atomic E-state index is -0.488. The molecule has 0 fully saturated rings. The van der Waals surface area contributed by atoms with E-state index >= 15 is 0 Å². The molecule has 154 valence electrons. The SMILES string of the molecule is CCCCCc1cc(=O)[nH]c2c1C(=O)c1c([nH]c(=O)c(C)c1CCCCC)C2=O. The van der Waals surface area contributed by atoms with E-state index in [0.717, 1.165) is 38.5 Å². The predicted molar refractivity (Wildman–Crippen MR) is 112 cm³/mol. The molecular formula is C23H28N2O4. The Hall–Kier alpha value is -2.76. The topological polar surface area (TPSA) is 99.9 Å². The Morgan fingerprint density at radius 3 is 2.03 bits per heavy atom. The number of ketones is 2. The third kappa shape index (κ3) is 3.88. The van der Waals surface area contributed by atoms with Gasteiger partial charge in [-0.3, -0.25) is 19.2 Å². The third-order valence-electron chi connectivity index (χ3n) is 5.70. The Labute approximate surface area is 169 Å². The van der Waals surface area contributed by atoms with Crippen LogP contribution in [0.2, 0.25) is 0 Å². The molecule has 0 spiro atoms. The summed E-state index contributed by atoms with van der Waals surface area (Å²) in [7, 11) is 0. The number of aromatic nitrogens is 2. The Morgan fingerprint density at radius 1 is 0.759 bits per heavy atom. The van der Waals surface area contributed by atoms with Crippen molar-refractivity contribution in [1.82, 2.24) is 9.97 Å². The van der Waals surface area contributed by atoms with Crippen LogP contribution < -0.4 is 11.1 Å². The zero-order chi connectivity index (χ0) is 21.1. The molecule has 6 nitrogen and oxygen atoms in total. The summed E-state index contributed by atoms with van der Waals surface area (Å²) in [6.07, 6.45) is 6.83. The summed E-state index contributed by atoms with van der Waals surface area (Å²) >= 11 is 0. The number of pyridine rings is 2. The average Bonchev–Trinajstić information content (AvgIpc) is 2.69. The van der Waals surface area contributed by atoms with E-state index in [0.29, 0.717) is 40.7 Å². The third-order valence-corrected chi connectivity index (χ3v) is 5.70. The maximum atomic E-state index is 13.5. The molecule has 2 aromatic heterocycles. The average molecular weight is 396 g/mol. The van der Waals surface area contributed by atoms with Crippen LogP contribution in [0.15, 0.2) is 15.7 Å². The number of carbonyl (C=O) groups is 2. The first-order valence-corrected chi connectivity index (χ1v) is 10.5. The van der Waals surface area contributed by atoms with Crippen LogP contribution in [0.25, 0.3) is 0 Å². The molecule has 0 unspecified atom stereocenters. The fourth-order valence-electron chi connectivity index (χ4n) is 4.09. The van der Waals surface area contributed by atoms with Crippen molar-refractivity contribution in [2.75, 3.05) is 0 Å². The smallest absolute Gasteiger partial charge is 0.251 e. The van der Waals surface area contributed by atoms with E-state index in [1.165, 1.54) is 6.07 Å². The van der Waals surface area contributed by atoms with Gasteiger partial charge in [-0.25, -0.2) is 0 Å². The van der Waals surface area contributed by atoms with Crippen LogP contribution in [0.4, 0.5) is 0 Å². The fraction of sp³-hybridized carbons (Fsp3) is 0.478. The maximum Gasteiger partial charge on any atom is 0.251 e. The standard InChI is InChI=1S/C23H28N2O4/c1-4-6-8-10-14-12-16(26)24-19-17(14)21(27)18-15(11-9-7-5-2)13(3)23(29)25-20(18)22(19)28/h12H,4-11H2,1-3H3,(H,24,26)(H,25,29). The minimum absolute atomic E-state index is 0.000472.